The van der Waals surface area contributed by atoms with E-state index in [1.165, 1.54) is 18.9 Å². The Kier molecular flexibility index (Phi) is 4.77. The van der Waals surface area contributed by atoms with Gasteiger partial charge in [0.05, 0.1) is 12.9 Å². The molecule has 0 spiro atoms. The van der Waals surface area contributed by atoms with E-state index in [0.717, 1.165) is 15.0 Å². The number of fused-ring (bicyclic) bond motifs is 2. The SMILES string of the molecule is COC1=C(C(=O)O)N2C(=O)[C@@H](NC(=O)C(N)c3ccc4ccsc4c3)[C@@H]2SC1. The van der Waals surface area contributed by atoms with Crippen LogP contribution in [0.4, 0.5) is 0 Å². The number of nitrogens with two attached hydrogens (primary N) is 1. The fraction of sp³-hybridized carbons (Fsp3) is 0.278. The number of β-lactam (4-membered cyclic amide) rings is 1. The smallest absolute Gasteiger partial charge is 0.356 e. The number of carbonyl (C=O) groups is 3. The molecule has 28 heavy (non-hydrogen) atoms. The zero-order valence-electron chi connectivity index (χ0n) is 14.7. The van der Waals surface area contributed by atoms with Crippen LogP contribution in [0.2, 0.25) is 0 Å². The lowest BCUT2D eigenvalue weighted by Gasteiger charge is -2.49. The number of thioether (sulfide) groups is 1. The van der Waals surface area contributed by atoms with Crippen LogP contribution in [0.1, 0.15) is 11.6 Å². The molecule has 2 amide bonds. The molecule has 4 N–H and O–H groups in total. The Balaban J connectivity index is 1.49. The van der Waals surface area contributed by atoms with Crippen molar-refractivity contribution in [2.45, 2.75) is 17.5 Å². The summed E-state index contributed by atoms with van der Waals surface area (Å²) in [4.78, 5) is 37.8. The second-order valence-corrected chi connectivity index (χ2v) is 8.43. The van der Waals surface area contributed by atoms with E-state index in [0.29, 0.717) is 11.3 Å². The van der Waals surface area contributed by atoms with Crippen molar-refractivity contribution in [1.29, 1.82) is 0 Å². The number of ether oxygens (including phenoxy) is 1. The molecule has 1 saturated heterocycles. The molecule has 4 rings (SSSR count). The minimum atomic E-state index is -1.23. The molecular weight excluding hydrogens is 402 g/mol. The van der Waals surface area contributed by atoms with E-state index in [-0.39, 0.29) is 11.5 Å². The highest BCUT2D eigenvalue weighted by molar-refractivity contribution is 8.00. The maximum absolute atomic E-state index is 12.6. The maximum atomic E-state index is 12.6. The molecule has 2 aliphatic heterocycles. The number of carbonyl (C=O) groups excluding carboxylic acids is 2. The van der Waals surface area contributed by atoms with E-state index in [1.807, 2.05) is 23.6 Å². The van der Waals surface area contributed by atoms with E-state index in [4.69, 9.17) is 10.5 Å². The Hall–Kier alpha value is -2.56. The normalized spacial score (nSPS) is 22.5. The number of carboxylic acids is 1. The summed E-state index contributed by atoms with van der Waals surface area (Å²) in [6.45, 7) is 0. The molecule has 0 aliphatic carbocycles. The van der Waals surface area contributed by atoms with Gasteiger partial charge in [-0.15, -0.1) is 23.1 Å². The Morgan fingerprint density at radius 1 is 1.39 bits per heavy atom. The van der Waals surface area contributed by atoms with Crippen molar-refractivity contribution in [1.82, 2.24) is 10.2 Å². The molecule has 2 aromatic rings. The van der Waals surface area contributed by atoms with E-state index >= 15 is 0 Å². The number of hydrogen-bond acceptors (Lipinski definition) is 7. The lowest BCUT2D eigenvalue weighted by molar-refractivity contribution is -0.151. The number of rotatable bonds is 5. The van der Waals surface area contributed by atoms with Crippen LogP contribution in [0.5, 0.6) is 0 Å². The number of nitrogens with one attached hydrogen (secondary N) is 1. The van der Waals surface area contributed by atoms with Crippen LogP contribution in [-0.4, -0.2) is 52.1 Å². The summed E-state index contributed by atoms with van der Waals surface area (Å²) in [7, 11) is 1.37. The van der Waals surface area contributed by atoms with E-state index in [1.54, 1.807) is 17.4 Å². The van der Waals surface area contributed by atoms with Gasteiger partial charge in [-0.2, -0.15) is 0 Å². The summed E-state index contributed by atoms with van der Waals surface area (Å²) in [5.74, 6) is -1.67. The number of methoxy groups -OCH3 is 1. The lowest BCUT2D eigenvalue weighted by atomic mass is 10.0. The second-order valence-electron chi connectivity index (χ2n) is 6.37. The quantitative estimate of drug-likeness (QED) is 0.623. The third-order valence-electron chi connectivity index (χ3n) is 4.80. The zero-order valence-corrected chi connectivity index (χ0v) is 16.4. The molecule has 10 heteroatoms. The van der Waals surface area contributed by atoms with Gasteiger partial charge in [0.2, 0.25) is 5.91 Å². The van der Waals surface area contributed by atoms with Gasteiger partial charge in [0.15, 0.2) is 5.70 Å². The molecular formula is C18H17N3O5S2. The summed E-state index contributed by atoms with van der Waals surface area (Å²) in [6.07, 6.45) is 0. The molecule has 0 radical (unpaired) electrons. The largest absolute Gasteiger partial charge is 0.498 e. The molecule has 3 heterocycles. The van der Waals surface area contributed by atoms with Crippen LogP contribution in [-0.2, 0) is 19.1 Å². The number of benzene rings is 1. The van der Waals surface area contributed by atoms with Gasteiger partial charge >= 0.3 is 5.97 Å². The fourth-order valence-corrected chi connectivity index (χ4v) is 5.46. The van der Waals surface area contributed by atoms with E-state index in [9.17, 15) is 19.5 Å². The first kappa shape index (κ1) is 18.8. The van der Waals surface area contributed by atoms with Gasteiger partial charge in [0.25, 0.3) is 5.91 Å². The Bertz CT molecular complexity index is 1020. The standard InChI is InChI=1S/C18H17N3O5S2/c1-26-10-7-28-17-13(16(23)21(17)14(10)18(24)25)20-15(22)12(19)9-3-2-8-4-5-27-11(8)6-9/h2-6,12-13,17H,7,19H2,1H3,(H,20,22)(H,24,25)/t12?,13-,17+/m1/s1. The number of thiophene rings is 1. The van der Waals surface area contributed by atoms with Gasteiger partial charge in [0.1, 0.15) is 23.2 Å². The number of hydrogen-bond donors (Lipinski definition) is 3. The fourth-order valence-electron chi connectivity index (χ4n) is 3.31. The molecule has 1 aromatic heterocycles. The van der Waals surface area contributed by atoms with Crippen molar-refractivity contribution in [3.63, 3.8) is 0 Å². The van der Waals surface area contributed by atoms with Gasteiger partial charge in [-0.3, -0.25) is 14.5 Å². The van der Waals surface area contributed by atoms with Crippen LogP contribution in [0, 0.1) is 0 Å². The van der Waals surface area contributed by atoms with Gasteiger partial charge in [0, 0.05) is 4.70 Å². The van der Waals surface area contributed by atoms with Crippen molar-refractivity contribution < 1.29 is 24.2 Å². The van der Waals surface area contributed by atoms with E-state index in [2.05, 4.69) is 5.32 Å². The van der Waals surface area contributed by atoms with Crippen LogP contribution in [0.15, 0.2) is 41.1 Å². The first-order valence-corrected chi connectivity index (χ1v) is 10.3. The number of carboxylic acid groups (broad SMARTS) is 1. The molecule has 0 saturated carbocycles. The first-order valence-electron chi connectivity index (χ1n) is 8.40. The van der Waals surface area contributed by atoms with Gasteiger partial charge in [-0.25, -0.2) is 4.79 Å². The van der Waals surface area contributed by atoms with Crippen LogP contribution in [0.3, 0.4) is 0 Å². The van der Waals surface area contributed by atoms with Crippen LogP contribution in [0.25, 0.3) is 10.1 Å². The van der Waals surface area contributed by atoms with Crippen molar-refractivity contribution in [3.8, 4) is 0 Å². The van der Waals surface area contributed by atoms with Crippen LogP contribution >= 0.6 is 23.1 Å². The minimum absolute atomic E-state index is 0.172. The van der Waals surface area contributed by atoms with Gasteiger partial charge < -0.3 is 20.9 Å². The highest BCUT2D eigenvalue weighted by atomic mass is 32.2. The average Bonchev–Trinajstić information content (AvgIpc) is 3.17. The van der Waals surface area contributed by atoms with Crippen molar-refractivity contribution >= 4 is 51.0 Å². The Labute approximate surface area is 168 Å². The summed E-state index contributed by atoms with van der Waals surface area (Å²) in [6, 6.07) is 5.80. The molecule has 2 aliphatic rings. The minimum Gasteiger partial charge on any atom is -0.498 e. The molecule has 3 atom stereocenters. The lowest BCUT2D eigenvalue weighted by Crippen LogP contribution is -2.71. The van der Waals surface area contributed by atoms with Crippen LogP contribution < -0.4 is 11.1 Å². The first-order chi connectivity index (χ1) is 13.4. The van der Waals surface area contributed by atoms with Crippen molar-refractivity contribution in [2.24, 2.45) is 5.73 Å². The third kappa shape index (κ3) is 2.93. The summed E-state index contributed by atoms with van der Waals surface area (Å²) in [5.41, 5.74) is 6.58. The summed E-state index contributed by atoms with van der Waals surface area (Å²) in [5, 5.41) is 14.6. The number of aliphatic carboxylic acids is 1. The van der Waals surface area contributed by atoms with Gasteiger partial charge in [-0.1, -0.05) is 12.1 Å². The topological polar surface area (TPSA) is 122 Å². The summed E-state index contributed by atoms with van der Waals surface area (Å²) < 4.78 is 6.11. The molecule has 8 nitrogen and oxygen atoms in total. The molecule has 0 bridgehead atoms. The number of nitrogens with zero attached hydrogens (tertiary/aromatic N) is 1. The molecule has 1 fully saturated rings. The predicted molar refractivity (Wildman–Crippen MR) is 105 cm³/mol. The molecule has 146 valence electrons. The maximum Gasteiger partial charge on any atom is 0.356 e. The zero-order chi connectivity index (χ0) is 20.0. The predicted octanol–water partition coefficient (Wildman–Crippen LogP) is 1.24. The Morgan fingerprint density at radius 3 is 2.89 bits per heavy atom. The number of amides is 2. The highest BCUT2D eigenvalue weighted by Crippen LogP contribution is 2.40. The Morgan fingerprint density at radius 2 is 2.18 bits per heavy atom. The van der Waals surface area contributed by atoms with E-state index < -0.39 is 35.2 Å². The van der Waals surface area contributed by atoms with Crippen molar-refractivity contribution in [2.75, 3.05) is 12.9 Å². The summed E-state index contributed by atoms with van der Waals surface area (Å²) >= 11 is 2.89. The third-order valence-corrected chi connectivity index (χ3v) is 6.93. The van der Waals surface area contributed by atoms with Crippen molar-refractivity contribution in [3.05, 3.63) is 46.7 Å². The molecule has 1 unspecified atom stereocenters. The average molecular weight is 419 g/mol. The molecule has 1 aromatic carbocycles. The highest BCUT2D eigenvalue weighted by Gasteiger charge is 2.55. The monoisotopic (exact) mass is 419 g/mol. The second kappa shape index (κ2) is 7.12. The van der Waals surface area contributed by atoms with Gasteiger partial charge in [-0.05, 0) is 28.5 Å².